The average molecular weight is 523 g/mol. The number of aryl methyl sites for hydroxylation is 2. The zero-order valence-electron chi connectivity index (χ0n) is 20.4. The Morgan fingerprint density at radius 3 is 2.58 bits per heavy atom. The summed E-state index contributed by atoms with van der Waals surface area (Å²) in [5.41, 5.74) is 2.36. The molecular weight excluding hydrogens is 493 g/mol. The molecule has 5 N–H and O–H groups in total. The van der Waals surface area contributed by atoms with E-state index in [0.717, 1.165) is 22.8 Å². The van der Waals surface area contributed by atoms with E-state index < -0.39 is 27.2 Å². The van der Waals surface area contributed by atoms with E-state index in [1.54, 1.807) is 13.8 Å². The van der Waals surface area contributed by atoms with Gasteiger partial charge in [0.15, 0.2) is 12.4 Å². The van der Waals surface area contributed by atoms with Crippen LogP contribution in [0.15, 0.2) is 41.3 Å². The first-order chi connectivity index (χ1) is 16.8. The maximum atomic E-state index is 15.0. The number of halogens is 1. The van der Waals surface area contributed by atoms with Gasteiger partial charge in [-0.1, -0.05) is 29.4 Å². The summed E-state index contributed by atoms with van der Waals surface area (Å²) < 4.78 is 44.8. The van der Waals surface area contributed by atoms with Crippen LogP contribution < -0.4 is 10.8 Å². The molecule has 0 saturated carbocycles. The number of carbonyl (C=O) groups is 1. The Bertz CT molecular complexity index is 1370. The average Bonchev–Trinajstić information content (AvgIpc) is 3.20. The number of rotatable bonds is 10. The van der Waals surface area contributed by atoms with Crippen LogP contribution in [0.1, 0.15) is 42.2 Å². The van der Waals surface area contributed by atoms with Gasteiger partial charge < -0.3 is 4.74 Å². The first-order valence-corrected chi connectivity index (χ1v) is 12.4. The van der Waals surface area contributed by atoms with Crippen molar-refractivity contribution >= 4 is 16.0 Å². The van der Waals surface area contributed by atoms with Gasteiger partial charge in [-0.2, -0.15) is 10.0 Å². The molecule has 0 unspecified atom stereocenters. The lowest BCUT2D eigenvalue weighted by molar-refractivity contribution is -1.07. The Labute approximate surface area is 208 Å². The maximum Gasteiger partial charge on any atom is 0.314 e. The molecule has 11 nitrogen and oxygen atoms in total. The second kappa shape index (κ2) is 10.8. The molecule has 0 radical (unpaired) electrons. The van der Waals surface area contributed by atoms with Crippen molar-refractivity contribution in [2.24, 2.45) is 10.6 Å². The summed E-state index contributed by atoms with van der Waals surface area (Å²) in [7, 11) is -4.10. The fourth-order valence-electron chi connectivity index (χ4n) is 3.39. The number of esters is 1. The number of aromatic nitrogens is 3. The van der Waals surface area contributed by atoms with Crippen LogP contribution in [0.25, 0.3) is 5.69 Å². The number of carbonyl (C=O) groups excluding carboxylic acids is 1. The summed E-state index contributed by atoms with van der Waals surface area (Å²) in [6.07, 6.45) is 0.288. The molecule has 0 aliphatic rings. The fraction of sp³-hybridized carbons (Fsp3) is 0.348. The molecule has 0 aliphatic heterocycles. The first-order valence-electron chi connectivity index (χ1n) is 10.9. The molecule has 0 atom stereocenters. The molecule has 1 aromatic heterocycles. The van der Waals surface area contributed by atoms with Gasteiger partial charge in [0.25, 0.3) is 0 Å². The van der Waals surface area contributed by atoms with Crippen molar-refractivity contribution in [3.05, 3.63) is 70.6 Å². The molecule has 3 rings (SSSR count). The van der Waals surface area contributed by atoms with E-state index in [-0.39, 0.29) is 36.0 Å². The number of primary sulfonamides is 1. The molecule has 0 saturated heterocycles. The quantitative estimate of drug-likeness (QED) is 0.264. The number of quaternary nitrogens is 1. The number of ether oxygens (including phenoxy) is 1. The summed E-state index contributed by atoms with van der Waals surface area (Å²) in [5, 5.41) is 18.1. The van der Waals surface area contributed by atoms with Gasteiger partial charge in [0.2, 0.25) is 10.0 Å². The second-order valence-corrected chi connectivity index (χ2v) is 10.6. The molecule has 13 heteroatoms. The molecule has 2 aromatic carbocycles. The minimum atomic E-state index is -4.10. The Morgan fingerprint density at radius 2 is 1.94 bits per heavy atom. The monoisotopic (exact) mass is 522 g/mol. The second-order valence-electron chi connectivity index (χ2n) is 9.00. The van der Waals surface area contributed by atoms with Crippen molar-refractivity contribution in [3.8, 4) is 5.69 Å². The van der Waals surface area contributed by atoms with Crippen LogP contribution >= 0.6 is 0 Å². The van der Waals surface area contributed by atoms with Gasteiger partial charge in [0.05, 0.1) is 10.3 Å². The summed E-state index contributed by atoms with van der Waals surface area (Å²) in [6, 6.07) is 9.16. The molecule has 3 aromatic rings. The third-order valence-corrected chi connectivity index (χ3v) is 6.36. The highest BCUT2D eigenvalue weighted by Gasteiger charge is 2.31. The number of hydrogen-bond donors (Lipinski definition) is 3. The maximum absolute atomic E-state index is 15.0. The topological polar surface area (TPSA) is 163 Å². The molecule has 0 bridgehead atoms. The van der Waals surface area contributed by atoms with Crippen LogP contribution in [0.3, 0.4) is 0 Å². The van der Waals surface area contributed by atoms with Crippen LogP contribution in [0.5, 0.6) is 0 Å². The lowest BCUT2D eigenvalue weighted by atomic mass is 9.95. The van der Waals surface area contributed by atoms with Gasteiger partial charge in [-0.05, 0) is 57.0 Å². The SMILES string of the molecule is Cc1ccc(C)c(Cc2nc(COC(=O)C(C)(C)CO[NH2+]O)nn2-c2ccc(S(N)(=O)=O)cc2F)c1. The molecule has 0 aliphatic carbocycles. The summed E-state index contributed by atoms with van der Waals surface area (Å²) in [5.74, 6) is -1.00. The molecule has 0 amide bonds. The van der Waals surface area contributed by atoms with Crippen LogP contribution in [-0.2, 0) is 37.4 Å². The van der Waals surface area contributed by atoms with E-state index in [4.69, 9.17) is 19.9 Å². The minimum absolute atomic E-state index is 0.0417. The number of benzene rings is 2. The number of sulfonamides is 1. The normalized spacial score (nSPS) is 12.1. The molecule has 1 heterocycles. The highest BCUT2D eigenvalue weighted by Crippen LogP contribution is 2.23. The predicted octanol–water partition coefficient (Wildman–Crippen LogP) is 1.22. The third-order valence-electron chi connectivity index (χ3n) is 5.45. The standard InChI is InChI=1S/C23H29FN5O6S/c1-14-5-6-15(2)16(9-14)10-21-26-20(12-34-22(30)23(3,4)13-35-28-31)27-29(21)19-8-7-17(11-18(19)24)36(25,32)33/h5-9,11,31H,10,12-13,28H2,1-4H3,(H2,25,32,33)/q+1. The van der Waals surface area contributed by atoms with E-state index in [1.165, 1.54) is 16.8 Å². The predicted molar refractivity (Wildman–Crippen MR) is 125 cm³/mol. The zero-order chi connectivity index (χ0) is 26.7. The van der Waals surface area contributed by atoms with E-state index in [1.807, 2.05) is 32.0 Å². The molecular formula is C23H29FN5O6S+. The van der Waals surface area contributed by atoms with Crippen molar-refractivity contribution in [2.45, 2.75) is 45.6 Å². The van der Waals surface area contributed by atoms with Gasteiger partial charge in [0, 0.05) is 6.42 Å². The highest BCUT2D eigenvalue weighted by atomic mass is 32.2. The number of nitrogens with two attached hydrogens (primary N) is 2. The fourth-order valence-corrected chi connectivity index (χ4v) is 3.91. The lowest BCUT2D eigenvalue weighted by Gasteiger charge is -2.19. The summed E-state index contributed by atoms with van der Waals surface area (Å²) in [6.45, 7) is 6.65. The van der Waals surface area contributed by atoms with Crippen LogP contribution in [0.4, 0.5) is 4.39 Å². The van der Waals surface area contributed by atoms with E-state index >= 15 is 0 Å². The Morgan fingerprint density at radius 1 is 1.22 bits per heavy atom. The minimum Gasteiger partial charge on any atom is -0.457 e. The van der Waals surface area contributed by atoms with Gasteiger partial charge in [-0.15, -0.1) is 5.10 Å². The van der Waals surface area contributed by atoms with Crippen LogP contribution in [0.2, 0.25) is 0 Å². The largest absolute Gasteiger partial charge is 0.457 e. The summed E-state index contributed by atoms with van der Waals surface area (Å²) >= 11 is 0. The molecule has 36 heavy (non-hydrogen) atoms. The van der Waals surface area contributed by atoms with Crippen LogP contribution in [0, 0.1) is 25.1 Å². The van der Waals surface area contributed by atoms with Gasteiger partial charge >= 0.3 is 5.97 Å². The van der Waals surface area contributed by atoms with E-state index in [2.05, 4.69) is 10.1 Å². The first kappa shape index (κ1) is 27.4. The Hall–Kier alpha value is -3.23. The molecule has 0 fully saturated rings. The van der Waals surface area contributed by atoms with E-state index in [9.17, 15) is 17.6 Å². The van der Waals surface area contributed by atoms with Crippen molar-refractivity contribution in [1.82, 2.24) is 14.8 Å². The Balaban J connectivity index is 1.97. The third kappa shape index (κ3) is 6.50. The summed E-state index contributed by atoms with van der Waals surface area (Å²) in [4.78, 5) is 21.4. The highest BCUT2D eigenvalue weighted by molar-refractivity contribution is 7.89. The molecule has 0 spiro atoms. The van der Waals surface area contributed by atoms with Gasteiger partial charge in [-0.25, -0.2) is 27.6 Å². The van der Waals surface area contributed by atoms with Crippen molar-refractivity contribution in [1.29, 1.82) is 0 Å². The number of nitrogens with zero attached hydrogens (tertiary/aromatic N) is 3. The van der Waals surface area contributed by atoms with Crippen molar-refractivity contribution in [3.63, 3.8) is 0 Å². The molecule has 194 valence electrons. The number of hydrogen-bond acceptors (Lipinski definition) is 8. The van der Waals surface area contributed by atoms with Crippen LogP contribution in [-0.4, -0.2) is 41.0 Å². The van der Waals surface area contributed by atoms with Crippen molar-refractivity contribution < 1.29 is 38.0 Å². The van der Waals surface area contributed by atoms with Gasteiger partial charge in [-0.3, -0.25) is 4.79 Å². The Kier molecular flexibility index (Phi) is 8.21. The van der Waals surface area contributed by atoms with Crippen molar-refractivity contribution in [2.75, 3.05) is 6.61 Å². The van der Waals surface area contributed by atoms with E-state index in [0.29, 0.717) is 11.5 Å². The van der Waals surface area contributed by atoms with Gasteiger partial charge in [0.1, 0.15) is 23.9 Å². The smallest absolute Gasteiger partial charge is 0.314 e. The lowest BCUT2D eigenvalue weighted by Crippen LogP contribution is -2.80. The zero-order valence-corrected chi connectivity index (χ0v) is 21.2.